The van der Waals surface area contributed by atoms with Gasteiger partial charge in [-0.05, 0) is 23.8 Å². The minimum atomic E-state index is -0.504. The summed E-state index contributed by atoms with van der Waals surface area (Å²) in [6.45, 7) is 3.26. The molecule has 0 amide bonds. The Hall–Kier alpha value is -1.25. The van der Waals surface area contributed by atoms with Gasteiger partial charge in [0.1, 0.15) is 0 Å². The maximum atomic E-state index is 10.9. The summed E-state index contributed by atoms with van der Waals surface area (Å²) in [4.78, 5) is 10.9. The number of carbonyl (C=O) groups excluding carboxylic acids is 1. The van der Waals surface area contributed by atoms with E-state index in [0.29, 0.717) is 15.6 Å². The minimum absolute atomic E-state index is 0.477. The Kier molecular flexibility index (Phi) is 4.40. The molecule has 0 spiro atoms. The summed E-state index contributed by atoms with van der Waals surface area (Å²) in [6.07, 6.45) is 3.87. The first-order chi connectivity index (χ1) is 7.13. The predicted octanol–water partition coefficient (Wildman–Crippen LogP) is 3.69. The van der Waals surface area contributed by atoms with Crippen molar-refractivity contribution in [2.75, 3.05) is 0 Å². The number of hydrogen-bond acceptors (Lipinski definition) is 2. The molecule has 4 heteroatoms. The first-order valence-corrected chi connectivity index (χ1v) is 4.83. The second kappa shape index (κ2) is 5.59. The van der Waals surface area contributed by atoms with Crippen molar-refractivity contribution in [1.29, 1.82) is 0 Å². The molecule has 0 unspecified atom stereocenters. The van der Waals surface area contributed by atoms with Gasteiger partial charge in [-0.3, -0.25) is 0 Å². The number of halogens is 2. The van der Waals surface area contributed by atoms with Crippen LogP contribution in [0, 0.1) is 0 Å². The molecule has 0 atom stereocenters. The van der Waals surface area contributed by atoms with Crippen LogP contribution in [0.5, 0.6) is 0 Å². The standard InChI is InChI=1S/C11H8Cl2O2/c1-2-15-11(14)6-4-8-3-5-9(12)7-10(8)13/h2-7H,1H2. The summed E-state index contributed by atoms with van der Waals surface area (Å²) in [6, 6.07) is 5.00. The molecule has 1 rings (SSSR count). The van der Waals surface area contributed by atoms with Gasteiger partial charge < -0.3 is 4.74 Å². The highest BCUT2D eigenvalue weighted by molar-refractivity contribution is 6.35. The van der Waals surface area contributed by atoms with Crippen LogP contribution in [0.15, 0.2) is 37.1 Å². The van der Waals surface area contributed by atoms with Crippen molar-refractivity contribution in [3.8, 4) is 0 Å². The Morgan fingerprint density at radius 1 is 1.40 bits per heavy atom. The van der Waals surface area contributed by atoms with Crippen molar-refractivity contribution in [3.63, 3.8) is 0 Å². The quantitative estimate of drug-likeness (QED) is 0.459. The molecule has 0 aliphatic heterocycles. The zero-order valence-electron chi connectivity index (χ0n) is 7.74. The van der Waals surface area contributed by atoms with Crippen LogP contribution < -0.4 is 0 Å². The fraction of sp³-hybridized carbons (Fsp3) is 0. The van der Waals surface area contributed by atoms with Crippen LogP contribution in [0.2, 0.25) is 10.0 Å². The Bertz CT molecular complexity index is 411. The molecule has 78 valence electrons. The number of rotatable bonds is 3. The third-order valence-corrected chi connectivity index (χ3v) is 2.12. The first-order valence-electron chi connectivity index (χ1n) is 4.08. The Morgan fingerprint density at radius 3 is 2.73 bits per heavy atom. The van der Waals surface area contributed by atoms with Gasteiger partial charge in [-0.1, -0.05) is 35.8 Å². The average Bonchev–Trinajstić information content (AvgIpc) is 2.17. The normalized spacial score (nSPS) is 10.3. The number of carbonyl (C=O) groups is 1. The molecule has 0 saturated heterocycles. The summed E-state index contributed by atoms with van der Waals surface area (Å²) >= 11 is 11.6. The highest BCUT2D eigenvalue weighted by Gasteiger charge is 1.98. The lowest BCUT2D eigenvalue weighted by Gasteiger charge is -1.98. The van der Waals surface area contributed by atoms with Crippen LogP contribution in [0.3, 0.4) is 0 Å². The van der Waals surface area contributed by atoms with E-state index in [1.807, 2.05) is 0 Å². The Morgan fingerprint density at radius 2 is 2.13 bits per heavy atom. The SMILES string of the molecule is C=COC(=O)C=Cc1ccc(Cl)cc1Cl. The van der Waals surface area contributed by atoms with Gasteiger partial charge in [0, 0.05) is 16.1 Å². The number of ether oxygens (including phenoxy) is 1. The van der Waals surface area contributed by atoms with Gasteiger partial charge >= 0.3 is 5.97 Å². The number of hydrogen-bond donors (Lipinski definition) is 0. The maximum Gasteiger partial charge on any atom is 0.335 e. The summed E-state index contributed by atoms with van der Waals surface area (Å²) in [5.74, 6) is -0.504. The van der Waals surface area contributed by atoms with Crippen LogP contribution in [0.1, 0.15) is 5.56 Å². The van der Waals surface area contributed by atoms with Gasteiger partial charge in [-0.2, -0.15) is 0 Å². The van der Waals surface area contributed by atoms with Gasteiger partial charge in [0.25, 0.3) is 0 Å². The zero-order chi connectivity index (χ0) is 11.3. The molecule has 2 nitrogen and oxygen atoms in total. The lowest BCUT2D eigenvalue weighted by Crippen LogP contribution is -1.92. The molecule has 15 heavy (non-hydrogen) atoms. The van der Waals surface area contributed by atoms with E-state index in [9.17, 15) is 4.79 Å². The molecule has 1 aromatic carbocycles. The lowest BCUT2D eigenvalue weighted by molar-refractivity contribution is -0.132. The van der Waals surface area contributed by atoms with Crippen LogP contribution in [0.25, 0.3) is 6.08 Å². The molecule has 0 aliphatic rings. The second-order valence-corrected chi connectivity index (χ2v) is 3.45. The van der Waals surface area contributed by atoms with E-state index >= 15 is 0 Å². The third kappa shape index (κ3) is 3.78. The van der Waals surface area contributed by atoms with Crippen LogP contribution >= 0.6 is 23.2 Å². The van der Waals surface area contributed by atoms with E-state index in [0.717, 1.165) is 6.26 Å². The predicted molar refractivity (Wildman–Crippen MR) is 61.8 cm³/mol. The summed E-state index contributed by atoms with van der Waals surface area (Å²) < 4.78 is 4.50. The number of esters is 1. The van der Waals surface area contributed by atoms with Crippen molar-refractivity contribution in [2.45, 2.75) is 0 Å². The highest BCUT2D eigenvalue weighted by Crippen LogP contribution is 2.21. The fourth-order valence-electron chi connectivity index (χ4n) is 0.916. The van der Waals surface area contributed by atoms with Gasteiger partial charge in [0.15, 0.2) is 0 Å². The Balaban J connectivity index is 2.80. The van der Waals surface area contributed by atoms with Crippen LogP contribution in [-0.4, -0.2) is 5.97 Å². The van der Waals surface area contributed by atoms with Crippen molar-refractivity contribution in [2.24, 2.45) is 0 Å². The molecule has 0 heterocycles. The van der Waals surface area contributed by atoms with Crippen molar-refractivity contribution in [3.05, 3.63) is 52.7 Å². The maximum absolute atomic E-state index is 10.9. The largest absolute Gasteiger partial charge is 0.432 e. The van der Waals surface area contributed by atoms with Gasteiger partial charge in [-0.25, -0.2) is 4.79 Å². The molecular weight excluding hydrogens is 235 g/mol. The van der Waals surface area contributed by atoms with Gasteiger partial charge in [-0.15, -0.1) is 0 Å². The summed E-state index contributed by atoms with van der Waals surface area (Å²) in [5, 5.41) is 1.02. The van der Waals surface area contributed by atoms with Gasteiger partial charge in [0.2, 0.25) is 0 Å². The molecule has 0 saturated carbocycles. The monoisotopic (exact) mass is 242 g/mol. The lowest BCUT2D eigenvalue weighted by atomic mass is 10.2. The van der Waals surface area contributed by atoms with E-state index < -0.39 is 5.97 Å². The third-order valence-electron chi connectivity index (χ3n) is 1.56. The molecule has 0 radical (unpaired) electrons. The topological polar surface area (TPSA) is 26.3 Å². The smallest absolute Gasteiger partial charge is 0.335 e. The number of benzene rings is 1. The van der Waals surface area contributed by atoms with E-state index in [1.165, 1.54) is 6.08 Å². The van der Waals surface area contributed by atoms with Crippen molar-refractivity contribution in [1.82, 2.24) is 0 Å². The van der Waals surface area contributed by atoms with Crippen LogP contribution in [-0.2, 0) is 9.53 Å². The molecule has 0 aromatic heterocycles. The van der Waals surface area contributed by atoms with Crippen molar-refractivity contribution >= 4 is 35.2 Å². The Labute approximate surface area is 97.8 Å². The molecular formula is C11H8Cl2O2. The average molecular weight is 243 g/mol. The summed E-state index contributed by atoms with van der Waals surface area (Å²) in [5.41, 5.74) is 0.696. The highest BCUT2D eigenvalue weighted by atomic mass is 35.5. The minimum Gasteiger partial charge on any atom is -0.432 e. The first kappa shape index (κ1) is 11.8. The van der Waals surface area contributed by atoms with Gasteiger partial charge in [0.05, 0.1) is 6.26 Å². The zero-order valence-corrected chi connectivity index (χ0v) is 9.26. The van der Waals surface area contributed by atoms with E-state index in [1.54, 1.807) is 24.3 Å². The molecule has 0 fully saturated rings. The van der Waals surface area contributed by atoms with E-state index in [-0.39, 0.29) is 0 Å². The molecule has 1 aromatic rings. The van der Waals surface area contributed by atoms with Crippen LogP contribution in [0.4, 0.5) is 0 Å². The molecule has 0 aliphatic carbocycles. The fourth-order valence-corrected chi connectivity index (χ4v) is 1.39. The molecule has 0 N–H and O–H groups in total. The molecule has 0 bridgehead atoms. The van der Waals surface area contributed by atoms with E-state index in [4.69, 9.17) is 23.2 Å². The van der Waals surface area contributed by atoms with Crippen molar-refractivity contribution < 1.29 is 9.53 Å². The summed E-state index contributed by atoms with van der Waals surface area (Å²) in [7, 11) is 0. The van der Waals surface area contributed by atoms with E-state index in [2.05, 4.69) is 11.3 Å². The second-order valence-electron chi connectivity index (χ2n) is 2.60.